The van der Waals surface area contributed by atoms with Gasteiger partial charge in [-0.25, -0.2) is 14.3 Å². The molecular formula is C28H37N6O3+. The minimum Gasteiger partial charge on any atom is -0.377 e. The maximum atomic E-state index is 14.5. The van der Waals surface area contributed by atoms with Crippen molar-refractivity contribution in [3.63, 3.8) is 0 Å². The zero-order valence-electron chi connectivity index (χ0n) is 22.0. The van der Waals surface area contributed by atoms with Crippen LogP contribution < -0.4 is 14.7 Å². The van der Waals surface area contributed by atoms with E-state index < -0.39 is 6.04 Å². The summed E-state index contributed by atoms with van der Waals surface area (Å²) in [6, 6.07) is 5.56. The lowest BCUT2D eigenvalue weighted by atomic mass is 9.64. The number of pyridine rings is 1. The SMILES string of the molecule is Cn1nccc1C(=O)N[C@@H]1C(=O)[N+](C)(c2ccc(N3CCOCC34CC4)nc2)C2CC2(C)C1C1CCC1. The van der Waals surface area contributed by atoms with E-state index in [1.54, 1.807) is 24.0 Å². The smallest absolute Gasteiger partial charge is 0.341 e. The number of likely N-dealkylation sites (tertiary alicyclic amines) is 1. The van der Waals surface area contributed by atoms with E-state index in [0.29, 0.717) is 11.6 Å². The van der Waals surface area contributed by atoms with Gasteiger partial charge in [0, 0.05) is 43.6 Å². The molecule has 37 heavy (non-hydrogen) atoms. The number of ether oxygens (including phenoxy) is 1. The van der Waals surface area contributed by atoms with Gasteiger partial charge in [-0.1, -0.05) is 26.2 Å². The van der Waals surface area contributed by atoms with Gasteiger partial charge in [0.25, 0.3) is 5.91 Å². The lowest BCUT2D eigenvalue weighted by Crippen LogP contribution is -2.69. The number of aromatic nitrogens is 3. The summed E-state index contributed by atoms with van der Waals surface area (Å²) in [7, 11) is 3.79. The fraction of sp³-hybridized carbons (Fsp3) is 0.643. The molecule has 5 aliphatic rings. The minimum absolute atomic E-state index is 0.0130. The van der Waals surface area contributed by atoms with Crippen molar-refractivity contribution in [1.82, 2.24) is 24.6 Å². The standard InChI is InChI=1S/C28H36N6O3/c1-27-15-21(27)34(3,19-7-8-22(29-16-19)33-13-14-37-17-28(33)10-11-28)26(36)24(23(27)18-5-4-6-18)31-25(35)20-9-12-30-32(20)2/h7-9,12,16,18,21,23-24H,4-6,10-11,13-15,17H2,1-3H3/p+1/t21?,23?,24-,27?,34?/m0/s1. The van der Waals surface area contributed by atoms with Gasteiger partial charge in [0.15, 0.2) is 5.69 Å². The van der Waals surface area contributed by atoms with Gasteiger partial charge < -0.3 is 15.0 Å². The van der Waals surface area contributed by atoms with Crippen LogP contribution in [0.15, 0.2) is 30.6 Å². The Labute approximate surface area is 217 Å². The Morgan fingerprint density at radius 1 is 1.24 bits per heavy atom. The Morgan fingerprint density at radius 3 is 2.68 bits per heavy atom. The van der Waals surface area contributed by atoms with Crippen LogP contribution in [-0.2, 0) is 16.6 Å². The molecule has 4 heterocycles. The molecule has 2 aromatic heterocycles. The van der Waals surface area contributed by atoms with E-state index in [1.165, 1.54) is 6.42 Å². The van der Waals surface area contributed by atoms with Crippen molar-refractivity contribution in [2.24, 2.45) is 24.3 Å². The van der Waals surface area contributed by atoms with E-state index >= 15 is 0 Å². The molecule has 4 unspecified atom stereocenters. The number of likely N-dealkylation sites (N-methyl/N-ethyl adjacent to an activating group) is 1. The molecule has 0 bridgehead atoms. The number of anilines is 1. The average molecular weight is 506 g/mol. The number of nitrogens with zero attached hydrogens (tertiary/aromatic N) is 5. The van der Waals surface area contributed by atoms with Crippen molar-refractivity contribution in [3.05, 3.63) is 36.3 Å². The Hall–Kier alpha value is -2.78. The number of amides is 2. The van der Waals surface area contributed by atoms with Crippen LogP contribution in [0.2, 0.25) is 0 Å². The lowest BCUT2D eigenvalue weighted by Gasteiger charge is -2.49. The second-order valence-corrected chi connectivity index (χ2v) is 12.5. The molecule has 0 radical (unpaired) electrons. The highest BCUT2D eigenvalue weighted by molar-refractivity contribution is 6.01. The number of carbonyl (C=O) groups is 2. The summed E-state index contributed by atoms with van der Waals surface area (Å²) in [4.78, 5) is 35.1. The summed E-state index contributed by atoms with van der Waals surface area (Å²) < 4.78 is 7.50. The van der Waals surface area contributed by atoms with Gasteiger partial charge in [-0.2, -0.15) is 5.10 Å². The molecule has 2 aliphatic heterocycles. The lowest BCUT2D eigenvalue weighted by molar-refractivity contribution is -0.140. The third-order valence-corrected chi connectivity index (χ3v) is 10.5. The van der Waals surface area contributed by atoms with Crippen LogP contribution in [0.25, 0.3) is 0 Å². The molecular weight excluding hydrogens is 468 g/mol. The van der Waals surface area contributed by atoms with Gasteiger partial charge in [0.05, 0.1) is 32.0 Å². The van der Waals surface area contributed by atoms with Gasteiger partial charge in [-0.15, -0.1) is 0 Å². The predicted molar refractivity (Wildman–Crippen MR) is 139 cm³/mol. The number of fused-ring (bicyclic) bond motifs is 1. The summed E-state index contributed by atoms with van der Waals surface area (Å²) in [5.41, 5.74) is 1.51. The average Bonchev–Trinajstić information content (AvgIpc) is 3.74. The first kappa shape index (κ1) is 23.3. The molecule has 7 rings (SSSR count). The van der Waals surface area contributed by atoms with Crippen molar-refractivity contribution >= 4 is 23.3 Å². The number of piperidine rings is 1. The zero-order valence-corrected chi connectivity index (χ0v) is 22.0. The van der Waals surface area contributed by atoms with Gasteiger partial charge in [0.2, 0.25) is 0 Å². The first-order chi connectivity index (χ1) is 17.8. The van der Waals surface area contributed by atoms with E-state index in [1.807, 2.05) is 13.2 Å². The number of carbonyl (C=O) groups excluding carboxylic acids is 2. The maximum Gasteiger partial charge on any atom is 0.341 e. The van der Waals surface area contributed by atoms with Crippen LogP contribution in [0.3, 0.4) is 0 Å². The van der Waals surface area contributed by atoms with E-state index in [2.05, 4.69) is 34.4 Å². The van der Waals surface area contributed by atoms with Crippen molar-refractivity contribution in [3.8, 4) is 0 Å². The summed E-state index contributed by atoms with van der Waals surface area (Å²) in [6.07, 6.45) is 10.3. The van der Waals surface area contributed by atoms with Gasteiger partial charge in [-0.3, -0.25) is 9.48 Å². The Kier molecular flexibility index (Phi) is 4.96. The number of hydrogen-bond donors (Lipinski definition) is 1. The largest absolute Gasteiger partial charge is 0.377 e. The first-order valence-corrected chi connectivity index (χ1v) is 13.8. The van der Waals surface area contributed by atoms with Crippen molar-refractivity contribution in [2.45, 2.75) is 63.1 Å². The van der Waals surface area contributed by atoms with Crippen LogP contribution in [0.5, 0.6) is 0 Å². The molecule has 3 saturated carbocycles. The van der Waals surface area contributed by atoms with Gasteiger partial charge >= 0.3 is 5.91 Å². The number of rotatable bonds is 5. The van der Waals surface area contributed by atoms with E-state index in [0.717, 1.165) is 63.4 Å². The number of nitrogens with one attached hydrogen (secondary N) is 1. The third kappa shape index (κ3) is 3.29. The molecule has 1 spiro atoms. The molecule has 196 valence electrons. The fourth-order valence-electron chi connectivity index (χ4n) is 7.81. The van der Waals surface area contributed by atoms with Gasteiger partial charge in [-0.05, 0) is 30.9 Å². The molecule has 0 aromatic carbocycles. The Balaban J connectivity index is 1.22. The normalized spacial score (nSPS) is 36.1. The first-order valence-electron chi connectivity index (χ1n) is 13.8. The summed E-state index contributed by atoms with van der Waals surface area (Å²) >= 11 is 0. The molecule has 5 atom stereocenters. The molecule has 9 heteroatoms. The molecule has 9 nitrogen and oxygen atoms in total. The van der Waals surface area contributed by atoms with Crippen molar-refractivity contribution in [2.75, 3.05) is 31.7 Å². The van der Waals surface area contributed by atoms with Crippen LogP contribution in [0, 0.1) is 17.3 Å². The topological polar surface area (TPSA) is 89.4 Å². The third-order valence-electron chi connectivity index (χ3n) is 10.5. The summed E-state index contributed by atoms with van der Waals surface area (Å²) in [5.74, 6) is 1.46. The molecule has 1 N–H and O–H groups in total. The monoisotopic (exact) mass is 505 g/mol. The molecule has 2 saturated heterocycles. The van der Waals surface area contributed by atoms with Crippen LogP contribution in [0.4, 0.5) is 11.5 Å². The maximum absolute atomic E-state index is 14.5. The molecule has 2 amide bonds. The molecule has 5 fully saturated rings. The summed E-state index contributed by atoms with van der Waals surface area (Å²) in [5, 5.41) is 7.35. The highest BCUT2D eigenvalue weighted by Crippen LogP contribution is 2.65. The second kappa shape index (κ2) is 7.86. The number of aryl methyl sites for hydroxylation is 1. The highest BCUT2D eigenvalue weighted by atomic mass is 16.5. The zero-order chi connectivity index (χ0) is 25.6. The predicted octanol–water partition coefficient (Wildman–Crippen LogP) is 2.66. The van der Waals surface area contributed by atoms with Crippen LogP contribution in [0.1, 0.15) is 55.9 Å². The Morgan fingerprint density at radius 2 is 2.05 bits per heavy atom. The minimum atomic E-state index is -0.532. The van der Waals surface area contributed by atoms with E-state index in [-0.39, 0.29) is 39.2 Å². The highest BCUT2D eigenvalue weighted by Gasteiger charge is 2.75. The van der Waals surface area contributed by atoms with E-state index in [9.17, 15) is 9.59 Å². The fourth-order valence-corrected chi connectivity index (χ4v) is 7.81. The second-order valence-electron chi connectivity index (χ2n) is 12.5. The number of quaternary nitrogens is 1. The number of hydrogen-bond acceptors (Lipinski definition) is 6. The number of morpholine rings is 1. The van der Waals surface area contributed by atoms with Crippen molar-refractivity contribution in [1.29, 1.82) is 0 Å². The van der Waals surface area contributed by atoms with Crippen LogP contribution in [-0.4, -0.2) is 71.0 Å². The van der Waals surface area contributed by atoms with E-state index in [4.69, 9.17) is 9.72 Å². The molecule has 2 aromatic rings. The molecule has 3 aliphatic carbocycles. The summed E-state index contributed by atoms with van der Waals surface area (Å²) in [6.45, 7) is 4.67. The quantitative estimate of drug-likeness (QED) is 0.629. The van der Waals surface area contributed by atoms with Gasteiger partial charge in [0.1, 0.15) is 23.6 Å². The van der Waals surface area contributed by atoms with Crippen LogP contribution >= 0.6 is 0 Å². The Bertz CT molecular complexity index is 1250. The van der Waals surface area contributed by atoms with Crippen molar-refractivity contribution < 1.29 is 14.3 Å².